The van der Waals surface area contributed by atoms with E-state index in [1.807, 2.05) is 67.6 Å². The maximum atomic E-state index is 13.4. The molecule has 8 heteroatoms. The zero-order valence-electron chi connectivity index (χ0n) is 22.3. The van der Waals surface area contributed by atoms with Crippen molar-refractivity contribution in [3.63, 3.8) is 0 Å². The fourth-order valence-electron chi connectivity index (χ4n) is 5.47. The second-order valence-electron chi connectivity index (χ2n) is 10.1. The minimum atomic E-state index is -0.412. The number of imide groups is 1. The molecule has 3 amide bonds. The molecule has 0 aliphatic carbocycles. The van der Waals surface area contributed by atoms with Crippen molar-refractivity contribution in [2.75, 3.05) is 37.6 Å². The number of carbonyl (C=O) groups is 3. The van der Waals surface area contributed by atoms with Crippen molar-refractivity contribution >= 4 is 51.5 Å². The number of piperazine rings is 1. The van der Waals surface area contributed by atoms with Crippen LogP contribution in [0.15, 0.2) is 89.8 Å². The fourth-order valence-corrected chi connectivity index (χ4v) is 6.29. The Kier molecular flexibility index (Phi) is 7.17. The molecule has 3 heterocycles. The van der Waals surface area contributed by atoms with Gasteiger partial charge in [-0.15, -0.1) is 0 Å². The number of hydrogen-bond donors (Lipinski definition) is 0. The molecule has 202 valence electrons. The topological polar surface area (TPSA) is 65.9 Å². The predicted octanol–water partition coefficient (Wildman–Crippen LogP) is 5.38. The monoisotopic (exact) mass is 550 g/mol. The molecule has 0 atom stereocenters. The molecular weight excluding hydrogens is 520 g/mol. The maximum absolute atomic E-state index is 13.4. The van der Waals surface area contributed by atoms with Gasteiger partial charge in [-0.25, -0.2) is 0 Å². The van der Waals surface area contributed by atoms with Crippen molar-refractivity contribution < 1.29 is 14.4 Å². The lowest BCUT2D eigenvalue weighted by molar-refractivity contribution is -0.136. The molecule has 2 saturated heterocycles. The number of thioether (sulfide) groups is 1. The second-order valence-corrected chi connectivity index (χ2v) is 11.1. The highest BCUT2D eigenvalue weighted by molar-refractivity contribution is 8.18. The van der Waals surface area contributed by atoms with Gasteiger partial charge < -0.3 is 14.4 Å². The molecule has 7 nitrogen and oxygen atoms in total. The fraction of sp³-hybridized carbons (Fsp3) is 0.219. The molecule has 6 rings (SSSR count). The van der Waals surface area contributed by atoms with Crippen molar-refractivity contribution in [2.45, 2.75) is 13.5 Å². The lowest BCUT2D eigenvalue weighted by Crippen LogP contribution is -2.51. The second kappa shape index (κ2) is 11.1. The number of benzene rings is 3. The quantitative estimate of drug-likeness (QED) is 0.302. The Hall–Kier alpha value is -4.30. The van der Waals surface area contributed by atoms with E-state index in [1.54, 1.807) is 4.90 Å². The number of amides is 3. The standard InChI is InChI=1S/C32H30N4O3S/c1-23-27(26-14-8-9-15-28(26)35(23)21-24-10-4-2-5-11-24)20-29-31(38)36(32(39)40-29)22-30(37)34-18-16-33(17-19-34)25-12-6-3-7-13-25/h2-15,20H,16-19,21-22H2,1H3/b29-20-. The summed E-state index contributed by atoms with van der Waals surface area (Å²) in [7, 11) is 0. The van der Waals surface area contributed by atoms with Crippen LogP contribution in [0.2, 0.25) is 0 Å². The number of carbonyl (C=O) groups excluding carboxylic acids is 3. The first kappa shape index (κ1) is 26.0. The van der Waals surface area contributed by atoms with Crippen LogP contribution in [0.1, 0.15) is 16.8 Å². The van der Waals surface area contributed by atoms with Gasteiger partial charge in [-0.1, -0.05) is 66.7 Å². The summed E-state index contributed by atoms with van der Waals surface area (Å²) in [6.45, 7) is 5.04. The van der Waals surface area contributed by atoms with E-state index in [0.717, 1.165) is 44.5 Å². The van der Waals surface area contributed by atoms with E-state index in [1.165, 1.54) is 5.56 Å². The highest BCUT2D eigenvalue weighted by atomic mass is 32.2. The SMILES string of the molecule is Cc1c(/C=C2\SC(=O)N(CC(=O)N3CCN(c4ccccc4)CC3)C2=O)c2ccccc2n1Cc1ccccc1. The Morgan fingerprint density at radius 1 is 0.850 bits per heavy atom. The third kappa shape index (κ3) is 5.02. The van der Waals surface area contributed by atoms with Gasteiger partial charge in [-0.3, -0.25) is 19.3 Å². The van der Waals surface area contributed by atoms with Crippen molar-refractivity contribution in [3.8, 4) is 0 Å². The summed E-state index contributed by atoms with van der Waals surface area (Å²) in [5, 5.41) is 0.619. The van der Waals surface area contributed by atoms with Gasteiger partial charge in [0.25, 0.3) is 11.1 Å². The molecule has 4 aromatic rings. The number of rotatable bonds is 6. The van der Waals surface area contributed by atoms with Gasteiger partial charge in [-0.2, -0.15) is 0 Å². The molecule has 0 unspecified atom stereocenters. The van der Waals surface area contributed by atoms with Crippen molar-refractivity contribution in [3.05, 3.63) is 107 Å². The van der Waals surface area contributed by atoms with Crippen LogP contribution in [-0.2, 0) is 16.1 Å². The van der Waals surface area contributed by atoms with E-state index in [9.17, 15) is 14.4 Å². The Morgan fingerprint density at radius 2 is 1.50 bits per heavy atom. The van der Waals surface area contributed by atoms with Crippen LogP contribution in [0.25, 0.3) is 17.0 Å². The predicted molar refractivity (Wildman–Crippen MR) is 160 cm³/mol. The molecule has 0 bridgehead atoms. The summed E-state index contributed by atoms with van der Waals surface area (Å²) >= 11 is 0.904. The number of anilines is 1. The molecule has 0 saturated carbocycles. The van der Waals surface area contributed by atoms with E-state index >= 15 is 0 Å². The van der Waals surface area contributed by atoms with Crippen molar-refractivity contribution in [1.82, 2.24) is 14.4 Å². The van der Waals surface area contributed by atoms with Gasteiger partial charge in [0, 0.05) is 60.6 Å². The number of fused-ring (bicyclic) bond motifs is 1. The number of nitrogens with zero attached hydrogens (tertiary/aromatic N) is 4. The molecule has 2 fully saturated rings. The Bertz CT molecular complexity index is 1610. The van der Waals surface area contributed by atoms with Gasteiger partial charge in [0.05, 0.1) is 4.91 Å². The minimum Gasteiger partial charge on any atom is -0.368 e. The molecule has 0 spiro atoms. The van der Waals surface area contributed by atoms with E-state index in [4.69, 9.17) is 0 Å². The van der Waals surface area contributed by atoms with Crippen LogP contribution >= 0.6 is 11.8 Å². The molecule has 3 aromatic carbocycles. The summed E-state index contributed by atoms with van der Waals surface area (Å²) in [5.41, 5.74) is 5.32. The number of para-hydroxylation sites is 2. The van der Waals surface area contributed by atoms with Crippen LogP contribution in [0.5, 0.6) is 0 Å². The van der Waals surface area contributed by atoms with E-state index < -0.39 is 11.1 Å². The maximum Gasteiger partial charge on any atom is 0.294 e. The molecule has 40 heavy (non-hydrogen) atoms. The largest absolute Gasteiger partial charge is 0.368 e. The third-order valence-electron chi connectivity index (χ3n) is 7.66. The zero-order chi connectivity index (χ0) is 27.6. The highest BCUT2D eigenvalue weighted by Crippen LogP contribution is 2.36. The number of aromatic nitrogens is 1. The molecule has 2 aliphatic heterocycles. The summed E-state index contributed by atoms with van der Waals surface area (Å²) in [6.07, 6.45) is 1.81. The summed E-state index contributed by atoms with van der Waals surface area (Å²) in [5.74, 6) is -0.613. The first-order valence-corrected chi connectivity index (χ1v) is 14.3. The van der Waals surface area contributed by atoms with Crippen LogP contribution in [-0.4, -0.2) is 64.1 Å². The van der Waals surface area contributed by atoms with E-state index in [-0.39, 0.29) is 12.5 Å². The van der Waals surface area contributed by atoms with Gasteiger partial charge in [0.1, 0.15) is 6.54 Å². The zero-order valence-corrected chi connectivity index (χ0v) is 23.1. The average Bonchev–Trinajstić information content (AvgIpc) is 3.41. The lowest BCUT2D eigenvalue weighted by Gasteiger charge is -2.36. The van der Waals surface area contributed by atoms with Crippen LogP contribution in [0.4, 0.5) is 10.5 Å². The third-order valence-corrected chi connectivity index (χ3v) is 8.57. The molecular formula is C32H30N4O3S. The van der Waals surface area contributed by atoms with E-state index in [0.29, 0.717) is 37.6 Å². The summed E-state index contributed by atoms with van der Waals surface area (Å²) in [6, 6.07) is 28.5. The minimum absolute atomic E-state index is 0.202. The first-order valence-electron chi connectivity index (χ1n) is 13.4. The van der Waals surface area contributed by atoms with Crippen LogP contribution < -0.4 is 4.90 Å². The smallest absolute Gasteiger partial charge is 0.294 e. The lowest BCUT2D eigenvalue weighted by atomic mass is 10.1. The summed E-state index contributed by atoms with van der Waals surface area (Å²) < 4.78 is 2.24. The molecule has 0 radical (unpaired) electrons. The van der Waals surface area contributed by atoms with Crippen molar-refractivity contribution in [2.24, 2.45) is 0 Å². The first-order chi connectivity index (χ1) is 19.5. The van der Waals surface area contributed by atoms with Crippen LogP contribution in [0.3, 0.4) is 0 Å². The number of hydrogen-bond acceptors (Lipinski definition) is 5. The van der Waals surface area contributed by atoms with Crippen LogP contribution in [0, 0.1) is 6.92 Å². The van der Waals surface area contributed by atoms with Crippen molar-refractivity contribution in [1.29, 1.82) is 0 Å². The molecule has 1 aromatic heterocycles. The van der Waals surface area contributed by atoms with Gasteiger partial charge in [-0.05, 0) is 48.5 Å². The normalized spacial score (nSPS) is 16.9. The Labute approximate surface area is 237 Å². The molecule has 0 N–H and O–H groups in total. The Balaban J connectivity index is 1.18. The van der Waals surface area contributed by atoms with Gasteiger partial charge >= 0.3 is 0 Å². The average molecular weight is 551 g/mol. The molecule has 2 aliphatic rings. The summed E-state index contributed by atoms with van der Waals surface area (Å²) in [4.78, 5) is 44.7. The van der Waals surface area contributed by atoms with Gasteiger partial charge in [0.15, 0.2) is 0 Å². The van der Waals surface area contributed by atoms with Gasteiger partial charge in [0.2, 0.25) is 5.91 Å². The Morgan fingerprint density at radius 3 is 2.23 bits per heavy atom. The highest BCUT2D eigenvalue weighted by Gasteiger charge is 2.38. The van der Waals surface area contributed by atoms with E-state index in [2.05, 4.69) is 39.8 Å².